The molecule has 0 N–H and O–H groups in total. The first-order valence-corrected chi connectivity index (χ1v) is 13.6. The molecule has 1 saturated heterocycles. The zero-order valence-electron chi connectivity index (χ0n) is 20.4. The van der Waals surface area contributed by atoms with E-state index in [0.29, 0.717) is 6.61 Å². The van der Waals surface area contributed by atoms with E-state index in [0.717, 1.165) is 80.4 Å². The first-order valence-electron chi connectivity index (χ1n) is 12.1. The van der Waals surface area contributed by atoms with Crippen LogP contribution in [0.5, 0.6) is 0 Å². The second-order valence-corrected chi connectivity index (χ2v) is 10.6. The van der Waals surface area contributed by atoms with Crippen molar-refractivity contribution in [3.63, 3.8) is 0 Å². The van der Waals surface area contributed by atoms with E-state index in [1.54, 1.807) is 6.08 Å². The smallest absolute Gasteiger partial charge is 0.199 e. The Balaban J connectivity index is 1.35. The van der Waals surface area contributed by atoms with Gasteiger partial charge in [-0.1, -0.05) is 25.7 Å². The standard InChI is InChI=1S/C27H37N3O2S2/c1-4-10-25(19-22(3)33)30-17-16-29(34(30)31)15-7-6-8-18-32-26-12-9-11-24(13-14-26)27-20-23(5-2)21-28-27/h4,10-14,19-20,33H,1,5-9,15-18,21H2,2-3H3/b22-19+,25-10+. The van der Waals surface area contributed by atoms with E-state index in [4.69, 9.17) is 4.74 Å². The molecule has 0 radical (unpaired) electrons. The Morgan fingerprint density at radius 1 is 1.26 bits per heavy atom. The summed E-state index contributed by atoms with van der Waals surface area (Å²) < 4.78 is 22.8. The maximum absolute atomic E-state index is 12.9. The Labute approximate surface area is 213 Å². The molecule has 5 nitrogen and oxygen atoms in total. The van der Waals surface area contributed by atoms with Crippen LogP contribution in [0.3, 0.4) is 0 Å². The van der Waals surface area contributed by atoms with Crippen LogP contribution in [-0.4, -0.2) is 51.3 Å². The van der Waals surface area contributed by atoms with E-state index in [1.165, 1.54) is 11.1 Å². The van der Waals surface area contributed by atoms with E-state index in [-0.39, 0.29) is 0 Å². The van der Waals surface area contributed by atoms with Crippen LogP contribution >= 0.6 is 12.6 Å². The van der Waals surface area contributed by atoms with Crippen LogP contribution in [0.15, 0.2) is 87.7 Å². The summed E-state index contributed by atoms with van der Waals surface area (Å²) in [6.07, 6.45) is 21.2. The normalized spacial score (nSPS) is 21.7. The third kappa shape index (κ3) is 7.72. The molecule has 1 unspecified atom stereocenters. The van der Waals surface area contributed by atoms with Gasteiger partial charge in [-0.3, -0.25) is 9.30 Å². The Morgan fingerprint density at radius 2 is 2.12 bits per heavy atom. The van der Waals surface area contributed by atoms with Gasteiger partial charge in [0.1, 0.15) is 5.76 Å². The van der Waals surface area contributed by atoms with Crippen LogP contribution in [0.1, 0.15) is 46.0 Å². The first kappa shape index (κ1) is 26.5. The molecule has 1 fully saturated rings. The van der Waals surface area contributed by atoms with Crippen molar-refractivity contribution in [1.82, 2.24) is 8.61 Å². The van der Waals surface area contributed by atoms with Gasteiger partial charge in [-0.15, -0.1) is 12.6 Å². The maximum atomic E-state index is 12.9. The minimum atomic E-state index is -1.16. The summed E-state index contributed by atoms with van der Waals surface area (Å²) in [5.74, 6) is 0.926. The topological polar surface area (TPSA) is 45.1 Å². The predicted molar refractivity (Wildman–Crippen MR) is 148 cm³/mol. The van der Waals surface area contributed by atoms with Crippen molar-refractivity contribution in [2.45, 2.75) is 46.0 Å². The third-order valence-electron chi connectivity index (χ3n) is 5.84. The average Bonchev–Trinajstić information content (AvgIpc) is 3.36. The maximum Gasteiger partial charge on any atom is 0.199 e. The van der Waals surface area contributed by atoms with Gasteiger partial charge in [0.15, 0.2) is 11.2 Å². The lowest BCUT2D eigenvalue weighted by atomic mass is 10.1. The second kappa shape index (κ2) is 13.7. The molecule has 0 aromatic carbocycles. The first-order chi connectivity index (χ1) is 16.5. The number of unbranched alkanes of at least 4 members (excludes halogenated alkanes) is 2. The Morgan fingerprint density at radius 3 is 2.85 bits per heavy atom. The van der Waals surface area contributed by atoms with Gasteiger partial charge in [0.2, 0.25) is 0 Å². The molecule has 0 aromatic rings. The highest BCUT2D eigenvalue weighted by Gasteiger charge is 2.29. The number of thiol groups is 1. The third-order valence-corrected chi connectivity index (χ3v) is 7.55. The van der Waals surface area contributed by atoms with Crippen molar-refractivity contribution in [1.29, 1.82) is 0 Å². The molecule has 0 saturated carbocycles. The van der Waals surface area contributed by atoms with Crippen LogP contribution in [0, 0.1) is 0 Å². The van der Waals surface area contributed by atoms with E-state index < -0.39 is 11.2 Å². The summed E-state index contributed by atoms with van der Waals surface area (Å²) in [5.41, 5.74) is 4.55. The Kier molecular flexibility index (Phi) is 10.7. The SMILES string of the molecule is C=C/C=C(\C=C(/C)S)N1CCN(CCCCCOC2=CCC=C(C3=NCC(CC)=C3)C=C2)S1=O. The van der Waals surface area contributed by atoms with Gasteiger partial charge in [0.25, 0.3) is 0 Å². The average molecular weight is 500 g/mol. The van der Waals surface area contributed by atoms with E-state index in [1.807, 2.05) is 27.7 Å². The summed E-state index contributed by atoms with van der Waals surface area (Å²) in [6.45, 7) is 11.7. The minimum Gasteiger partial charge on any atom is -0.494 e. The highest BCUT2D eigenvalue weighted by atomic mass is 32.2. The minimum absolute atomic E-state index is 0.694. The van der Waals surface area contributed by atoms with Crippen molar-refractivity contribution in [2.75, 3.05) is 32.8 Å². The largest absolute Gasteiger partial charge is 0.494 e. The highest BCUT2D eigenvalue weighted by Crippen LogP contribution is 2.22. The van der Waals surface area contributed by atoms with Gasteiger partial charge in [0.05, 0.1) is 24.6 Å². The number of aliphatic imine (C=N–C) groups is 1. The van der Waals surface area contributed by atoms with Crippen molar-refractivity contribution < 1.29 is 8.95 Å². The van der Waals surface area contributed by atoms with Crippen LogP contribution < -0.4 is 0 Å². The zero-order chi connectivity index (χ0) is 24.3. The molecule has 2 heterocycles. The molecule has 3 aliphatic rings. The molecular formula is C27H37N3O2S2. The Hall–Kier alpha value is -2.09. The number of allylic oxidation sites excluding steroid dienone is 10. The van der Waals surface area contributed by atoms with Crippen molar-refractivity contribution in [3.05, 3.63) is 82.7 Å². The second-order valence-electron chi connectivity index (χ2n) is 8.48. The molecular weight excluding hydrogens is 462 g/mol. The van der Waals surface area contributed by atoms with E-state index in [9.17, 15) is 4.21 Å². The van der Waals surface area contributed by atoms with Crippen LogP contribution in [0.2, 0.25) is 0 Å². The van der Waals surface area contributed by atoms with Crippen LogP contribution in [0.4, 0.5) is 0 Å². The van der Waals surface area contributed by atoms with Crippen LogP contribution in [-0.2, 0) is 15.9 Å². The van der Waals surface area contributed by atoms with Gasteiger partial charge >= 0.3 is 0 Å². The van der Waals surface area contributed by atoms with E-state index in [2.05, 4.69) is 61.5 Å². The van der Waals surface area contributed by atoms with Crippen LogP contribution in [0.25, 0.3) is 0 Å². The fourth-order valence-corrected chi connectivity index (χ4v) is 5.43. The summed E-state index contributed by atoms with van der Waals surface area (Å²) in [7, 11) is 0. The highest BCUT2D eigenvalue weighted by molar-refractivity contribution is 7.84. The number of rotatable bonds is 12. The Bertz CT molecular complexity index is 982. The lowest BCUT2D eigenvalue weighted by molar-refractivity contribution is 0.215. The molecule has 2 aliphatic heterocycles. The molecule has 34 heavy (non-hydrogen) atoms. The predicted octanol–water partition coefficient (Wildman–Crippen LogP) is 5.83. The molecule has 0 spiro atoms. The molecule has 0 bridgehead atoms. The fraction of sp³-hybridized carbons (Fsp3) is 0.444. The number of nitrogens with zero attached hydrogens (tertiary/aromatic N) is 3. The molecule has 7 heteroatoms. The summed E-state index contributed by atoms with van der Waals surface area (Å²) in [5, 5.41) is 0. The van der Waals surface area contributed by atoms with Gasteiger partial charge < -0.3 is 4.74 Å². The molecule has 1 atom stereocenters. The van der Waals surface area contributed by atoms with Gasteiger partial charge in [0, 0.05) is 19.6 Å². The molecule has 0 aromatic heterocycles. The zero-order valence-corrected chi connectivity index (χ0v) is 22.1. The van der Waals surface area contributed by atoms with Gasteiger partial charge in [-0.25, -0.2) is 8.51 Å². The number of hydrogen-bond acceptors (Lipinski definition) is 4. The van der Waals surface area contributed by atoms with Gasteiger partial charge in [-0.05, 0) is 91.5 Å². The van der Waals surface area contributed by atoms with Crippen molar-refractivity contribution >= 4 is 29.5 Å². The fourth-order valence-electron chi connectivity index (χ4n) is 3.97. The van der Waals surface area contributed by atoms with E-state index >= 15 is 0 Å². The summed E-state index contributed by atoms with van der Waals surface area (Å²) >= 11 is 3.19. The molecule has 1 aliphatic carbocycles. The summed E-state index contributed by atoms with van der Waals surface area (Å²) in [6, 6.07) is 0. The lowest BCUT2D eigenvalue weighted by Crippen LogP contribution is -2.27. The summed E-state index contributed by atoms with van der Waals surface area (Å²) in [4.78, 5) is 5.52. The van der Waals surface area contributed by atoms with Crippen molar-refractivity contribution in [3.8, 4) is 0 Å². The molecule has 184 valence electrons. The molecule has 0 amide bonds. The number of hydrogen-bond donors (Lipinski definition) is 1. The lowest BCUT2D eigenvalue weighted by Gasteiger charge is -2.19. The van der Waals surface area contributed by atoms with Crippen molar-refractivity contribution in [2.24, 2.45) is 4.99 Å². The molecule has 3 rings (SSSR count). The monoisotopic (exact) mass is 499 g/mol. The van der Waals surface area contributed by atoms with Gasteiger partial charge in [-0.2, -0.15) is 0 Å². The number of ether oxygens (including phenoxy) is 1. The quantitative estimate of drug-likeness (QED) is 0.208.